The number of hydrogen-bond acceptors (Lipinski definition) is 4. The zero-order valence-corrected chi connectivity index (χ0v) is 16.4. The summed E-state index contributed by atoms with van der Waals surface area (Å²) in [5, 5.41) is 0. The highest BCUT2D eigenvalue weighted by atomic mass is 79.9. The molecular formula is C22H19BrO4. The fourth-order valence-electron chi connectivity index (χ4n) is 2.55. The van der Waals surface area contributed by atoms with E-state index < -0.39 is 5.97 Å². The zero-order chi connectivity index (χ0) is 19.1. The molecule has 0 aromatic heterocycles. The van der Waals surface area contributed by atoms with E-state index in [-0.39, 0.29) is 0 Å². The summed E-state index contributed by atoms with van der Waals surface area (Å²) in [6.45, 7) is 0.674. The minimum Gasteiger partial charge on any atom is -0.485 e. The molecule has 0 fully saturated rings. The van der Waals surface area contributed by atoms with Crippen LogP contribution in [0.25, 0.3) is 0 Å². The molecule has 0 aliphatic carbocycles. The lowest BCUT2D eigenvalue weighted by atomic mass is 10.1. The number of benzene rings is 3. The van der Waals surface area contributed by atoms with Gasteiger partial charge in [0.15, 0.2) is 11.5 Å². The Bertz CT molecular complexity index is 895. The zero-order valence-electron chi connectivity index (χ0n) is 14.9. The number of halogens is 1. The minimum absolute atomic E-state index is 0.311. The van der Waals surface area contributed by atoms with Gasteiger partial charge in [-0.2, -0.15) is 0 Å². The minimum atomic E-state index is -0.482. The average Bonchev–Trinajstić information content (AvgIpc) is 2.72. The summed E-state index contributed by atoms with van der Waals surface area (Å²) in [7, 11) is 1.34. The lowest BCUT2D eigenvalue weighted by Crippen LogP contribution is -2.08. The number of ether oxygens (including phenoxy) is 3. The Morgan fingerprint density at radius 1 is 0.852 bits per heavy atom. The first-order chi connectivity index (χ1) is 13.2. The fraction of sp³-hybridized carbons (Fsp3) is 0.136. The van der Waals surface area contributed by atoms with Crippen molar-refractivity contribution < 1.29 is 19.0 Å². The Morgan fingerprint density at radius 2 is 1.41 bits per heavy atom. The summed E-state index contributed by atoms with van der Waals surface area (Å²) in [5.74, 6) is 0.360. The summed E-state index contributed by atoms with van der Waals surface area (Å²) in [4.78, 5) is 12.2. The van der Waals surface area contributed by atoms with Crippen molar-refractivity contribution in [2.75, 3.05) is 7.11 Å². The van der Waals surface area contributed by atoms with Crippen LogP contribution in [-0.2, 0) is 18.0 Å². The van der Waals surface area contributed by atoms with Gasteiger partial charge in [0.1, 0.15) is 18.8 Å². The molecule has 0 N–H and O–H groups in total. The van der Waals surface area contributed by atoms with Crippen molar-refractivity contribution in [1.82, 2.24) is 0 Å². The van der Waals surface area contributed by atoms with E-state index >= 15 is 0 Å². The van der Waals surface area contributed by atoms with Gasteiger partial charge in [-0.1, -0.05) is 76.6 Å². The monoisotopic (exact) mass is 426 g/mol. The first-order valence-corrected chi connectivity index (χ1v) is 9.22. The lowest BCUT2D eigenvalue weighted by molar-refractivity contribution is 0.0594. The van der Waals surface area contributed by atoms with E-state index in [9.17, 15) is 4.79 Å². The Hall–Kier alpha value is -2.79. The van der Waals surface area contributed by atoms with Gasteiger partial charge in [0.25, 0.3) is 0 Å². The van der Waals surface area contributed by atoms with Gasteiger partial charge in [-0.15, -0.1) is 0 Å². The molecule has 0 heterocycles. The molecule has 0 saturated carbocycles. The van der Waals surface area contributed by atoms with Gasteiger partial charge >= 0.3 is 5.97 Å². The van der Waals surface area contributed by atoms with E-state index in [0.717, 1.165) is 11.1 Å². The maximum absolute atomic E-state index is 12.2. The summed E-state index contributed by atoms with van der Waals surface area (Å²) < 4.78 is 17.6. The van der Waals surface area contributed by atoms with E-state index in [1.807, 2.05) is 60.7 Å². The molecule has 0 saturated heterocycles. The van der Waals surface area contributed by atoms with Crippen LogP contribution in [0.2, 0.25) is 0 Å². The van der Waals surface area contributed by atoms with Crippen LogP contribution in [0, 0.1) is 0 Å². The van der Waals surface area contributed by atoms with Gasteiger partial charge in [0, 0.05) is 4.47 Å². The van der Waals surface area contributed by atoms with Gasteiger partial charge in [-0.05, 0) is 23.3 Å². The largest absolute Gasteiger partial charge is 0.485 e. The molecule has 0 radical (unpaired) electrons. The van der Waals surface area contributed by atoms with Crippen LogP contribution < -0.4 is 9.47 Å². The Balaban J connectivity index is 1.89. The molecule has 138 valence electrons. The number of esters is 1. The van der Waals surface area contributed by atoms with Crippen molar-refractivity contribution in [1.29, 1.82) is 0 Å². The second kappa shape index (κ2) is 9.24. The molecule has 0 aliphatic rings. The summed E-state index contributed by atoms with van der Waals surface area (Å²) in [6.07, 6.45) is 0. The van der Waals surface area contributed by atoms with E-state index in [1.165, 1.54) is 7.11 Å². The first kappa shape index (κ1) is 19.0. The molecule has 0 amide bonds. The molecule has 0 unspecified atom stereocenters. The molecule has 27 heavy (non-hydrogen) atoms. The molecule has 3 rings (SSSR count). The van der Waals surface area contributed by atoms with Gasteiger partial charge < -0.3 is 14.2 Å². The van der Waals surface area contributed by atoms with Crippen LogP contribution >= 0.6 is 15.9 Å². The van der Waals surface area contributed by atoms with Gasteiger partial charge in [-0.3, -0.25) is 0 Å². The number of carbonyl (C=O) groups excluding carboxylic acids is 1. The molecule has 0 bridgehead atoms. The number of methoxy groups -OCH3 is 1. The molecule has 3 aromatic carbocycles. The maximum atomic E-state index is 12.2. The SMILES string of the molecule is COC(=O)c1cc(Br)cc(OCc2ccccc2)c1OCc1ccccc1. The molecule has 0 aliphatic heterocycles. The van der Waals surface area contributed by atoms with Crippen LogP contribution in [0.3, 0.4) is 0 Å². The Morgan fingerprint density at radius 3 is 1.96 bits per heavy atom. The molecule has 0 spiro atoms. The van der Waals surface area contributed by atoms with Crippen molar-refractivity contribution in [2.45, 2.75) is 13.2 Å². The van der Waals surface area contributed by atoms with Gasteiger partial charge in [0.05, 0.1) is 7.11 Å². The van der Waals surface area contributed by atoms with Crippen LogP contribution in [0.1, 0.15) is 21.5 Å². The van der Waals surface area contributed by atoms with Crippen LogP contribution in [0.15, 0.2) is 77.3 Å². The second-order valence-electron chi connectivity index (χ2n) is 5.82. The molecule has 3 aromatic rings. The average molecular weight is 427 g/mol. The predicted molar refractivity (Wildman–Crippen MR) is 107 cm³/mol. The Labute approximate surface area is 166 Å². The number of hydrogen-bond donors (Lipinski definition) is 0. The van der Waals surface area contributed by atoms with E-state index in [0.29, 0.717) is 34.7 Å². The Kier molecular flexibility index (Phi) is 6.49. The second-order valence-corrected chi connectivity index (χ2v) is 6.74. The smallest absolute Gasteiger partial charge is 0.341 e. The fourth-order valence-corrected chi connectivity index (χ4v) is 2.99. The summed E-state index contributed by atoms with van der Waals surface area (Å²) in [6, 6.07) is 23.0. The lowest BCUT2D eigenvalue weighted by Gasteiger charge is -2.16. The predicted octanol–water partition coefficient (Wildman–Crippen LogP) is 5.39. The quantitative estimate of drug-likeness (QED) is 0.474. The van der Waals surface area contributed by atoms with Crippen molar-refractivity contribution in [2.24, 2.45) is 0 Å². The number of carbonyl (C=O) groups is 1. The number of rotatable bonds is 7. The topological polar surface area (TPSA) is 44.8 Å². The van der Waals surface area contributed by atoms with E-state index in [2.05, 4.69) is 15.9 Å². The third-order valence-corrected chi connectivity index (χ3v) is 4.35. The van der Waals surface area contributed by atoms with Crippen molar-refractivity contribution in [3.63, 3.8) is 0 Å². The standard InChI is InChI=1S/C22H19BrO4/c1-25-22(24)19-12-18(23)13-20(26-14-16-8-4-2-5-9-16)21(19)27-15-17-10-6-3-7-11-17/h2-13H,14-15H2,1H3. The molecule has 5 heteroatoms. The van der Waals surface area contributed by atoms with Crippen LogP contribution in [0.4, 0.5) is 0 Å². The molecular weight excluding hydrogens is 408 g/mol. The third kappa shape index (κ3) is 5.11. The first-order valence-electron chi connectivity index (χ1n) is 8.42. The highest BCUT2D eigenvalue weighted by Crippen LogP contribution is 2.36. The van der Waals surface area contributed by atoms with E-state index in [1.54, 1.807) is 12.1 Å². The van der Waals surface area contributed by atoms with Gasteiger partial charge in [0.2, 0.25) is 0 Å². The third-order valence-electron chi connectivity index (χ3n) is 3.89. The van der Waals surface area contributed by atoms with Crippen LogP contribution in [0.5, 0.6) is 11.5 Å². The van der Waals surface area contributed by atoms with Crippen molar-refractivity contribution >= 4 is 21.9 Å². The normalized spacial score (nSPS) is 10.3. The molecule has 4 nitrogen and oxygen atoms in total. The van der Waals surface area contributed by atoms with Crippen molar-refractivity contribution in [3.8, 4) is 11.5 Å². The molecule has 0 atom stereocenters. The van der Waals surface area contributed by atoms with Crippen LogP contribution in [-0.4, -0.2) is 13.1 Å². The van der Waals surface area contributed by atoms with Gasteiger partial charge in [-0.25, -0.2) is 4.79 Å². The highest BCUT2D eigenvalue weighted by molar-refractivity contribution is 9.10. The highest BCUT2D eigenvalue weighted by Gasteiger charge is 2.20. The van der Waals surface area contributed by atoms with Crippen molar-refractivity contribution in [3.05, 3.63) is 94.0 Å². The van der Waals surface area contributed by atoms with E-state index in [4.69, 9.17) is 14.2 Å². The maximum Gasteiger partial charge on any atom is 0.341 e. The summed E-state index contributed by atoms with van der Waals surface area (Å²) in [5.41, 5.74) is 2.32. The summed E-state index contributed by atoms with van der Waals surface area (Å²) >= 11 is 3.42.